The molecule has 0 aliphatic carbocycles. The summed E-state index contributed by atoms with van der Waals surface area (Å²) in [6, 6.07) is 10.8. The molecule has 7 nitrogen and oxygen atoms in total. The Bertz CT molecular complexity index is 829. The van der Waals surface area contributed by atoms with E-state index in [1.165, 1.54) is 24.3 Å². The third kappa shape index (κ3) is 3.10. The number of esters is 1. The molecule has 24 heavy (non-hydrogen) atoms. The zero-order chi connectivity index (χ0) is 17.3. The van der Waals surface area contributed by atoms with Gasteiger partial charge in [0.1, 0.15) is 0 Å². The first-order valence-electron chi connectivity index (χ1n) is 7.30. The fraction of sp³-hybridized carbons (Fsp3) is 0.176. The molecule has 0 spiro atoms. The van der Waals surface area contributed by atoms with Gasteiger partial charge in [0.05, 0.1) is 10.5 Å². The molecule has 0 fully saturated rings. The van der Waals surface area contributed by atoms with E-state index < -0.39 is 22.9 Å². The number of benzene rings is 2. The number of ether oxygens (including phenoxy) is 1. The van der Waals surface area contributed by atoms with Crippen molar-refractivity contribution in [1.29, 1.82) is 0 Å². The van der Waals surface area contributed by atoms with Crippen molar-refractivity contribution in [1.82, 2.24) is 0 Å². The topological polar surface area (TPSA) is 98.5 Å². The van der Waals surface area contributed by atoms with Gasteiger partial charge < -0.3 is 10.1 Å². The quantitative estimate of drug-likeness (QED) is 0.531. The van der Waals surface area contributed by atoms with E-state index in [9.17, 15) is 19.7 Å². The van der Waals surface area contributed by atoms with Crippen molar-refractivity contribution in [3.63, 3.8) is 0 Å². The number of nitro benzene ring substituents is 1. The van der Waals surface area contributed by atoms with Crippen LogP contribution in [0.15, 0.2) is 42.5 Å². The molecular weight excluding hydrogens is 312 g/mol. The number of non-ortho nitro benzene ring substituents is 1. The highest BCUT2D eigenvalue weighted by atomic mass is 16.6. The average Bonchev–Trinajstić information content (AvgIpc) is 2.54. The van der Waals surface area contributed by atoms with Crippen LogP contribution in [0.1, 0.15) is 21.5 Å². The Hall–Kier alpha value is -3.22. The predicted molar refractivity (Wildman–Crippen MR) is 85.8 cm³/mol. The Morgan fingerprint density at radius 2 is 1.96 bits per heavy atom. The van der Waals surface area contributed by atoms with Crippen LogP contribution in [0.5, 0.6) is 0 Å². The Labute approximate surface area is 137 Å². The third-order valence-corrected chi connectivity index (χ3v) is 3.77. The fourth-order valence-corrected chi connectivity index (χ4v) is 2.56. The Balaban J connectivity index is 1.74. The van der Waals surface area contributed by atoms with Gasteiger partial charge in [-0.05, 0) is 30.7 Å². The lowest BCUT2D eigenvalue weighted by molar-refractivity contribution is -0.384. The van der Waals surface area contributed by atoms with Gasteiger partial charge in [-0.15, -0.1) is 0 Å². The van der Waals surface area contributed by atoms with E-state index in [2.05, 4.69) is 5.32 Å². The van der Waals surface area contributed by atoms with Gasteiger partial charge in [0, 0.05) is 24.2 Å². The zero-order valence-electron chi connectivity index (χ0n) is 12.8. The van der Waals surface area contributed by atoms with Gasteiger partial charge in [-0.1, -0.05) is 17.7 Å². The number of rotatable bonds is 3. The highest BCUT2D eigenvalue weighted by molar-refractivity contribution is 6.00. The minimum Gasteiger partial charge on any atom is -0.448 e. The summed E-state index contributed by atoms with van der Waals surface area (Å²) in [5.41, 5.74) is 2.58. The predicted octanol–water partition coefficient (Wildman–Crippen LogP) is 2.62. The lowest BCUT2D eigenvalue weighted by Gasteiger charge is -2.24. The van der Waals surface area contributed by atoms with Gasteiger partial charge >= 0.3 is 5.97 Å². The molecule has 0 aromatic heterocycles. The summed E-state index contributed by atoms with van der Waals surface area (Å²) in [4.78, 5) is 34.4. The van der Waals surface area contributed by atoms with E-state index in [0.29, 0.717) is 17.7 Å². The molecule has 2 aromatic carbocycles. The Morgan fingerprint density at radius 1 is 1.25 bits per heavy atom. The van der Waals surface area contributed by atoms with E-state index in [0.717, 1.165) is 11.1 Å². The zero-order valence-corrected chi connectivity index (χ0v) is 12.8. The van der Waals surface area contributed by atoms with Gasteiger partial charge in [0.25, 0.3) is 11.6 Å². The normalized spacial score (nSPS) is 16.0. The second-order valence-corrected chi connectivity index (χ2v) is 5.55. The molecule has 0 radical (unpaired) electrons. The largest absolute Gasteiger partial charge is 0.448 e. The van der Waals surface area contributed by atoms with Crippen LogP contribution in [0.25, 0.3) is 0 Å². The summed E-state index contributed by atoms with van der Waals surface area (Å²) in [5.74, 6) is -0.996. The van der Waals surface area contributed by atoms with Crippen LogP contribution in [-0.4, -0.2) is 22.9 Å². The minimum atomic E-state index is -0.929. The second kappa shape index (κ2) is 6.11. The number of anilines is 1. The first kappa shape index (κ1) is 15.7. The van der Waals surface area contributed by atoms with E-state index in [1.807, 2.05) is 19.1 Å². The van der Waals surface area contributed by atoms with Gasteiger partial charge in [0.15, 0.2) is 6.10 Å². The van der Waals surface area contributed by atoms with Gasteiger partial charge in [0.2, 0.25) is 0 Å². The molecule has 7 heteroatoms. The number of nitrogens with zero attached hydrogens (tertiary/aromatic N) is 1. The van der Waals surface area contributed by atoms with Gasteiger partial charge in [-0.2, -0.15) is 0 Å². The van der Waals surface area contributed by atoms with E-state index >= 15 is 0 Å². The first-order chi connectivity index (χ1) is 11.4. The summed E-state index contributed by atoms with van der Waals surface area (Å²) >= 11 is 0. The Kier molecular flexibility index (Phi) is 3.99. The standard InChI is InChI=1S/C17H14N2O5/c1-10-2-7-14-11(8-10)9-15(24-17(14)21)16(20)18-12-3-5-13(6-4-12)19(22)23/h2-8,15H,9H2,1H3,(H,18,20). The van der Waals surface area contributed by atoms with Crippen LogP contribution in [0.3, 0.4) is 0 Å². The van der Waals surface area contributed by atoms with E-state index in [-0.39, 0.29) is 5.69 Å². The number of fused-ring (bicyclic) bond motifs is 1. The van der Waals surface area contributed by atoms with Crippen LogP contribution in [-0.2, 0) is 16.0 Å². The Morgan fingerprint density at radius 3 is 2.62 bits per heavy atom. The summed E-state index contributed by atoms with van der Waals surface area (Å²) in [6.07, 6.45) is -0.635. The fourth-order valence-electron chi connectivity index (χ4n) is 2.56. The highest BCUT2D eigenvalue weighted by Crippen LogP contribution is 2.23. The molecule has 1 atom stereocenters. The number of hydrogen-bond acceptors (Lipinski definition) is 5. The highest BCUT2D eigenvalue weighted by Gasteiger charge is 2.31. The molecule has 0 bridgehead atoms. The van der Waals surface area contributed by atoms with E-state index in [1.54, 1.807) is 6.07 Å². The maximum Gasteiger partial charge on any atom is 0.339 e. The molecule has 2 aromatic rings. The van der Waals surface area contributed by atoms with Crippen molar-refractivity contribution in [3.05, 3.63) is 69.3 Å². The number of hydrogen-bond donors (Lipinski definition) is 1. The van der Waals surface area contributed by atoms with Crippen LogP contribution in [0.2, 0.25) is 0 Å². The van der Waals surface area contributed by atoms with E-state index in [4.69, 9.17) is 4.74 Å². The maximum absolute atomic E-state index is 12.3. The number of aryl methyl sites for hydroxylation is 1. The molecule has 1 heterocycles. The third-order valence-electron chi connectivity index (χ3n) is 3.77. The second-order valence-electron chi connectivity index (χ2n) is 5.55. The molecular formula is C17H14N2O5. The lowest BCUT2D eigenvalue weighted by atomic mass is 9.96. The number of carbonyl (C=O) groups is 2. The summed E-state index contributed by atoms with van der Waals surface area (Å²) in [5, 5.41) is 13.2. The number of carbonyl (C=O) groups excluding carboxylic acids is 2. The van der Waals surface area contributed by atoms with Crippen LogP contribution in [0, 0.1) is 17.0 Å². The molecule has 0 saturated heterocycles. The lowest BCUT2D eigenvalue weighted by Crippen LogP contribution is -2.38. The summed E-state index contributed by atoms with van der Waals surface area (Å²) in [6.45, 7) is 1.91. The first-order valence-corrected chi connectivity index (χ1v) is 7.30. The average molecular weight is 326 g/mol. The number of cyclic esters (lactones) is 1. The van der Waals surface area contributed by atoms with Gasteiger partial charge in [-0.3, -0.25) is 14.9 Å². The minimum absolute atomic E-state index is 0.0681. The number of nitro groups is 1. The molecule has 1 aliphatic rings. The number of nitrogens with one attached hydrogen (secondary N) is 1. The van der Waals surface area contributed by atoms with Crippen LogP contribution >= 0.6 is 0 Å². The van der Waals surface area contributed by atoms with Crippen molar-refractivity contribution in [3.8, 4) is 0 Å². The van der Waals surface area contributed by atoms with Crippen LogP contribution < -0.4 is 5.32 Å². The molecule has 3 rings (SSSR count). The van der Waals surface area contributed by atoms with Crippen molar-refractivity contribution >= 4 is 23.3 Å². The molecule has 0 saturated carbocycles. The molecule has 122 valence electrons. The molecule has 1 aliphatic heterocycles. The SMILES string of the molecule is Cc1ccc2c(c1)CC(C(=O)Nc1ccc([N+](=O)[O-])cc1)OC2=O. The molecule has 1 N–H and O–H groups in total. The van der Waals surface area contributed by atoms with Crippen molar-refractivity contribution < 1.29 is 19.2 Å². The summed E-state index contributed by atoms with van der Waals surface area (Å²) in [7, 11) is 0. The smallest absolute Gasteiger partial charge is 0.339 e. The van der Waals surface area contributed by atoms with Crippen molar-refractivity contribution in [2.45, 2.75) is 19.4 Å². The molecule has 1 unspecified atom stereocenters. The van der Waals surface area contributed by atoms with Crippen LogP contribution in [0.4, 0.5) is 11.4 Å². The van der Waals surface area contributed by atoms with Crippen molar-refractivity contribution in [2.75, 3.05) is 5.32 Å². The monoisotopic (exact) mass is 326 g/mol. The maximum atomic E-state index is 12.3. The van der Waals surface area contributed by atoms with Gasteiger partial charge in [-0.25, -0.2) is 4.79 Å². The van der Waals surface area contributed by atoms with Crippen molar-refractivity contribution in [2.24, 2.45) is 0 Å². The molecule has 1 amide bonds. The number of amides is 1. The summed E-state index contributed by atoms with van der Waals surface area (Å²) < 4.78 is 5.19.